The minimum absolute atomic E-state index is 0.279. The largest absolute Gasteiger partial charge is 0.396 e. The van der Waals surface area contributed by atoms with Gasteiger partial charge in [-0.1, -0.05) is 27.2 Å². The van der Waals surface area contributed by atoms with E-state index in [1.165, 1.54) is 12.8 Å². The van der Waals surface area contributed by atoms with Gasteiger partial charge in [0, 0.05) is 25.8 Å². The van der Waals surface area contributed by atoms with Gasteiger partial charge >= 0.3 is 0 Å². The quantitative estimate of drug-likeness (QED) is 0.702. The minimum atomic E-state index is 0.279. The predicted molar refractivity (Wildman–Crippen MR) is 75.8 cm³/mol. The van der Waals surface area contributed by atoms with Crippen molar-refractivity contribution in [1.82, 2.24) is 5.32 Å². The molecule has 0 radical (unpaired) electrons. The molecule has 2 unspecified atom stereocenters. The van der Waals surface area contributed by atoms with E-state index < -0.39 is 0 Å². The molecule has 18 heavy (non-hydrogen) atoms. The molecule has 3 heteroatoms. The Morgan fingerprint density at radius 2 is 2.17 bits per heavy atom. The van der Waals surface area contributed by atoms with Gasteiger partial charge in [0.1, 0.15) is 0 Å². The van der Waals surface area contributed by atoms with E-state index in [0.29, 0.717) is 18.8 Å². The molecule has 0 aliphatic carbocycles. The highest BCUT2D eigenvalue weighted by molar-refractivity contribution is 4.80. The Balaban J connectivity index is 2.25. The van der Waals surface area contributed by atoms with E-state index in [0.717, 1.165) is 38.8 Å². The maximum absolute atomic E-state index is 8.90. The lowest BCUT2D eigenvalue weighted by atomic mass is 9.87. The Kier molecular flexibility index (Phi) is 7.20. The van der Waals surface area contributed by atoms with Crippen molar-refractivity contribution in [2.75, 3.05) is 19.8 Å². The summed E-state index contributed by atoms with van der Waals surface area (Å²) in [6.07, 6.45) is 7.13. The van der Waals surface area contributed by atoms with Crippen molar-refractivity contribution in [2.45, 2.75) is 71.4 Å². The van der Waals surface area contributed by atoms with E-state index in [4.69, 9.17) is 9.84 Å². The zero-order chi connectivity index (χ0) is 13.4. The van der Waals surface area contributed by atoms with Gasteiger partial charge in [-0.05, 0) is 37.5 Å². The smallest absolute Gasteiger partial charge is 0.0589 e. The summed E-state index contributed by atoms with van der Waals surface area (Å²) in [7, 11) is 0. The molecule has 2 N–H and O–H groups in total. The topological polar surface area (TPSA) is 41.5 Å². The van der Waals surface area contributed by atoms with Crippen molar-refractivity contribution in [3.63, 3.8) is 0 Å². The fourth-order valence-electron chi connectivity index (χ4n) is 2.66. The van der Waals surface area contributed by atoms with Crippen LogP contribution in [0.2, 0.25) is 0 Å². The van der Waals surface area contributed by atoms with E-state index >= 15 is 0 Å². The summed E-state index contributed by atoms with van der Waals surface area (Å²) in [5.74, 6) is 0. The van der Waals surface area contributed by atoms with Crippen LogP contribution in [0.5, 0.6) is 0 Å². The van der Waals surface area contributed by atoms with E-state index in [1.54, 1.807) is 0 Å². The molecule has 0 spiro atoms. The minimum Gasteiger partial charge on any atom is -0.396 e. The summed E-state index contributed by atoms with van der Waals surface area (Å²) in [5.41, 5.74) is 0.279. The lowest BCUT2D eigenvalue weighted by molar-refractivity contribution is -0.00469. The summed E-state index contributed by atoms with van der Waals surface area (Å²) in [4.78, 5) is 0. The lowest BCUT2D eigenvalue weighted by Gasteiger charge is -2.33. The maximum Gasteiger partial charge on any atom is 0.0589 e. The van der Waals surface area contributed by atoms with Gasteiger partial charge in [0.2, 0.25) is 0 Å². The molecule has 1 rings (SSSR count). The Bertz CT molecular complexity index is 217. The number of rotatable bonds is 8. The molecule has 1 saturated heterocycles. The second-order valence-electron chi connectivity index (χ2n) is 6.38. The van der Waals surface area contributed by atoms with Crippen molar-refractivity contribution < 1.29 is 9.84 Å². The monoisotopic (exact) mass is 257 g/mol. The van der Waals surface area contributed by atoms with Gasteiger partial charge in [-0.3, -0.25) is 0 Å². The van der Waals surface area contributed by atoms with Crippen molar-refractivity contribution in [3.8, 4) is 0 Å². The lowest BCUT2D eigenvalue weighted by Crippen LogP contribution is -2.42. The molecular weight excluding hydrogens is 226 g/mol. The molecule has 0 aromatic carbocycles. The van der Waals surface area contributed by atoms with Crippen molar-refractivity contribution in [3.05, 3.63) is 0 Å². The molecule has 2 atom stereocenters. The number of hydrogen-bond donors (Lipinski definition) is 2. The molecule has 0 aromatic rings. The third-order valence-electron chi connectivity index (χ3n) is 3.86. The van der Waals surface area contributed by atoms with Gasteiger partial charge in [0.05, 0.1) is 6.10 Å². The van der Waals surface area contributed by atoms with Crippen LogP contribution in [0.1, 0.15) is 59.3 Å². The molecule has 0 aromatic heterocycles. The van der Waals surface area contributed by atoms with E-state index in [-0.39, 0.29) is 5.41 Å². The SMILES string of the molecule is CCCC1CC(NCC(C)(C)CCCO)CCO1. The van der Waals surface area contributed by atoms with Crippen molar-refractivity contribution >= 4 is 0 Å². The number of aliphatic hydroxyl groups is 1. The number of hydrogen-bond acceptors (Lipinski definition) is 3. The number of aliphatic hydroxyl groups excluding tert-OH is 1. The average Bonchev–Trinajstić information content (AvgIpc) is 2.35. The number of nitrogens with one attached hydrogen (secondary N) is 1. The van der Waals surface area contributed by atoms with Crippen molar-refractivity contribution in [2.24, 2.45) is 5.41 Å². The zero-order valence-electron chi connectivity index (χ0n) is 12.4. The Morgan fingerprint density at radius 1 is 1.39 bits per heavy atom. The van der Waals surface area contributed by atoms with Crippen LogP contribution >= 0.6 is 0 Å². The summed E-state index contributed by atoms with van der Waals surface area (Å²) in [6.45, 7) is 9.02. The summed E-state index contributed by atoms with van der Waals surface area (Å²) >= 11 is 0. The van der Waals surface area contributed by atoms with Gasteiger partial charge in [-0.2, -0.15) is 0 Å². The first kappa shape index (κ1) is 15.9. The maximum atomic E-state index is 8.90. The Morgan fingerprint density at radius 3 is 2.83 bits per heavy atom. The van der Waals surface area contributed by atoms with E-state index in [1.807, 2.05) is 0 Å². The van der Waals surface area contributed by atoms with Crippen molar-refractivity contribution in [1.29, 1.82) is 0 Å². The third kappa shape index (κ3) is 6.17. The molecule has 0 bridgehead atoms. The summed E-state index contributed by atoms with van der Waals surface area (Å²) < 4.78 is 5.77. The second kappa shape index (κ2) is 8.13. The third-order valence-corrected chi connectivity index (χ3v) is 3.86. The van der Waals surface area contributed by atoms with Gasteiger partial charge < -0.3 is 15.2 Å². The Hall–Kier alpha value is -0.120. The van der Waals surface area contributed by atoms with Crippen LogP contribution in [-0.2, 0) is 4.74 Å². The van der Waals surface area contributed by atoms with Crippen LogP contribution in [0, 0.1) is 5.41 Å². The average molecular weight is 257 g/mol. The first-order valence-corrected chi connectivity index (χ1v) is 7.53. The summed E-state index contributed by atoms with van der Waals surface area (Å²) in [6, 6.07) is 0.615. The zero-order valence-corrected chi connectivity index (χ0v) is 12.4. The molecule has 0 amide bonds. The molecule has 1 fully saturated rings. The van der Waals surface area contributed by atoms with Crippen LogP contribution < -0.4 is 5.32 Å². The van der Waals surface area contributed by atoms with Crippen LogP contribution in [0.4, 0.5) is 0 Å². The highest BCUT2D eigenvalue weighted by atomic mass is 16.5. The molecule has 0 saturated carbocycles. The molecule has 3 nitrogen and oxygen atoms in total. The van der Waals surface area contributed by atoms with Gasteiger partial charge in [0.15, 0.2) is 0 Å². The molecule has 1 aliphatic rings. The molecule has 108 valence electrons. The van der Waals surface area contributed by atoms with E-state index in [9.17, 15) is 0 Å². The normalized spacial score (nSPS) is 25.3. The first-order chi connectivity index (χ1) is 8.57. The highest BCUT2D eigenvalue weighted by Crippen LogP contribution is 2.23. The predicted octanol–water partition coefficient (Wildman–Crippen LogP) is 2.72. The van der Waals surface area contributed by atoms with E-state index in [2.05, 4.69) is 26.1 Å². The van der Waals surface area contributed by atoms with Crippen LogP contribution in [-0.4, -0.2) is 37.0 Å². The standard InChI is InChI=1S/C15H31NO2/c1-4-6-14-11-13(7-10-18-14)16-12-15(2,3)8-5-9-17/h13-14,16-17H,4-12H2,1-3H3. The summed E-state index contributed by atoms with van der Waals surface area (Å²) in [5, 5.41) is 12.6. The molecule has 1 aliphatic heterocycles. The van der Waals surface area contributed by atoms with Crippen LogP contribution in [0.3, 0.4) is 0 Å². The molecule has 1 heterocycles. The van der Waals surface area contributed by atoms with Crippen LogP contribution in [0.15, 0.2) is 0 Å². The van der Waals surface area contributed by atoms with Crippen LogP contribution in [0.25, 0.3) is 0 Å². The fraction of sp³-hybridized carbons (Fsp3) is 1.00. The fourth-order valence-corrected chi connectivity index (χ4v) is 2.66. The Labute approximate surface area is 112 Å². The number of ether oxygens (including phenoxy) is 1. The first-order valence-electron chi connectivity index (χ1n) is 7.53. The molecular formula is C15H31NO2. The van der Waals surface area contributed by atoms with Gasteiger partial charge in [-0.15, -0.1) is 0 Å². The highest BCUT2D eigenvalue weighted by Gasteiger charge is 2.24. The van der Waals surface area contributed by atoms with Gasteiger partial charge in [0.25, 0.3) is 0 Å². The van der Waals surface area contributed by atoms with Gasteiger partial charge in [-0.25, -0.2) is 0 Å². The second-order valence-corrected chi connectivity index (χ2v) is 6.38.